The van der Waals surface area contributed by atoms with Gasteiger partial charge in [-0.25, -0.2) is 0 Å². The molecule has 3 amide bonds. The smallest absolute Gasteiger partial charge is 0.255 e. The highest BCUT2D eigenvalue weighted by molar-refractivity contribution is 6.05. The minimum absolute atomic E-state index is 0.130. The van der Waals surface area contributed by atoms with E-state index >= 15 is 0 Å². The molecule has 0 aliphatic carbocycles. The molecule has 0 saturated carbocycles. The van der Waals surface area contributed by atoms with Crippen LogP contribution in [0.25, 0.3) is 0 Å². The summed E-state index contributed by atoms with van der Waals surface area (Å²) in [5.74, 6) is -0.779. The molecular weight excluding hydrogens is 380 g/mol. The van der Waals surface area contributed by atoms with Gasteiger partial charge in [0, 0.05) is 43.9 Å². The minimum Gasteiger partial charge on any atom is -0.398 e. The van der Waals surface area contributed by atoms with Crippen molar-refractivity contribution in [2.75, 3.05) is 12.3 Å². The molecule has 1 unspecified atom stereocenters. The van der Waals surface area contributed by atoms with Crippen LogP contribution in [0.1, 0.15) is 45.5 Å². The van der Waals surface area contributed by atoms with Gasteiger partial charge in [0.2, 0.25) is 11.8 Å². The highest BCUT2D eigenvalue weighted by Gasteiger charge is 2.39. The van der Waals surface area contributed by atoms with Gasteiger partial charge in [-0.1, -0.05) is 24.3 Å². The summed E-state index contributed by atoms with van der Waals surface area (Å²) in [4.78, 5) is 40.6. The number of nitrogens with two attached hydrogens (primary N) is 1. The van der Waals surface area contributed by atoms with Gasteiger partial charge in [0.05, 0.1) is 0 Å². The number of piperidine rings is 1. The van der Waals surface area contributed by atoms with Gasteiger partial charge in [-0.3, -0.25) is 24.6 Å². The lowest BCUT2D eigenvalue weighted by atomic mass is 9.97. The lowest BCUT2D eigenvalue weighted by molar-refractivity contribution is -0.136. The molecule has 2 aromatic carbocycles. The molecule has 3 N–H and O–H groups in total. The van der Waals surface area contributed by atoms with Crippen LogP contribution in [0.4, 0.5) is 5.69 Å². The standard InChI is InChI=1S/C23H24N4O3/c24-19-3-1-2-15-8-9-26(13-18(15)19)11-14-4-5-16-12-27(23(30)17(16)10-14)20-6-7-21(28)25-22(20)29/h1-5,10,20H,6-9,11-13,24H2,(H,25,28,29). The number of benzene rings is 2. The van der Waals surface area contributed by atoms with Gasteiger partial charge < -0.3 is 10.6 Å². The first kappa shape index (κ1) is 18.8. The molecule has 3 aliphatic rings. The predicted molar refractivity (Wildman–Crippen MR) is 111 cm³/mol. The summed E-state index contributed by atoms with van der Waals surface area (Å²) in [5.41, 5.74) is 12.2. The zero-order valence-corrected chi connectivity index (χ0v) is 16.7. The summed E-state index contributed by atoms with van der Waals surface area (Å²) in [6, 6.07) is 11.5. The number of amides is 3. The van der Waals surface area contributed by atoms with Crippen molar-refractivity contribution in [1.29, 1.82) is 0 Å². The number of hydrogen-bond donors (Lipinski definition) is 2. The molecule has 1 atom stereocenters. The molecule has 3 heterocycles. The van der Waals surface area contributed by atoms with Crippen LogP contribution in [0.2, 0.25) is 0 Å². The highest BCUT2D eigenvalue weighted by atomic mass is 16.2. The molecular formula is C23H24N4O3. The first-order chi connectivity index (χ1) is 14.5. The molecule has 7 nitrogen and oxygen atoms in total. The van der Waals surface area contributed by atoms with E-state index in [0.29, 0.717) is 18.5 Å². The molecule has 1 saturated heterocycles. The SMILES string of the molecule is Nc1cccc2c1CN(Cc1ccc3c(c1)C(=O)N(C1CCC(=O)NC1=O)C3)CC2. The zero-order chi connectivity index (χ0) is 20.8. The van der Waals surface area contributed by atoms with Gasteiger partial charge in [-0.15, -0.1) is 0 Å². The van der Waals surface area contributed by atoms with E-state index in [1.165, 1.54) is 11.1 Å². The predicted octanol–water partition coefficient (Wildman–Crippen LogP) is 1.59. The molecule has 0 aromatic heterocycles. The van der Waals surface area contributed by atoms with Gasteiger partial charge in [-0.05, 0) is 47.2 Å². The maximum atomic E-state index is 13.0. The van der Waals surface area contributed by atoms with E-state index < -0.39 is 6.04 Å². The van der Waals surface area contributed by atoms with Crippen molar-refractivity contribution < 1.29 is 14.4 Å². The van der Waals surface area contributed by atoms with E-state index in [2.05, 4.69) is 22.3 Å². The minimum atomic E-state index is -0.576. The first-order valence-corrected chi connectivity index (χ1v) is 10.3. The maximum absolute atomic E-state index is 13.0. The molecule has 1 fully saturated rings. The van der Waals surface area contributed by atoms with E-state index in [0.717, 1.165) is 42.9 Å². The Morgan fingerprint density at radius 2 is 1.90 bits per heavy atom. The summed E-state index contributed by atoms with van der Waals surface area (Å²) in [6.07, 6.45) is 1.61. The van der Waals surface area contributed by atoms with Crippen LogP contribution < -0.4 is 11.1 Å². The number of carbonyl (C=O) groups is 3. The Hall–Kier alpha value is -3.19. The molecule has 154 valence electrons. The molecule has 3 aliphatic heterocycles. The second-order valence-corrected chi connectivity index (χ2v) is 8.34. The third kappa shape index (κ3) is 3.25. The van der Waals surface area contributed by atoms with Crippen molar-refractivity contribution in [3.05, 3.63) is 64.2 Å². The number of rotatable bonds is 3. The molecule has 5 rings (SSSR count). The quantitative estimate of drug-likeness (QED) is 0.598. The van der Waals surface area contributed by atoms with E-state index in [1.807, 2.05) is 24.3 Å². The Balaban J connectivity index is 1.31. The Kier molecular flexibility index (Phi) is 4.55. The third-order valence-corrected chi connectivity index (χ3v) is 6.39. The van der Waals surface area contributed by atoms with Gasteiger partial charge in [0.15, 0.2) is 0 Å². The Morgan fingerprint density at radius 1 is 1.03 bits per heavy atom. The molecule has 30 heavy (non-hydrogen) atoms. The van der Waals surface area contributed by atoms with Crippen molar-refractivity contribution in [1.82, 2.24) is 15.1 Å². The van der Waals surface area contributed by atoms with Crippen molar-refractivity contribution in [3.63, 3.8) is 0 Å². The van der Waals surface area contributed by atoms with Gasteiger partial charge >= 0.3 is 0 Å². The fraction of sp³-hybridized carbons (Fsp3) is 0.348. The highest BCUT2D eigenvalue weighted by Crippen LogP contribution is 2.30. The Bertz CT molecular complexity index is 1060. The normalized spacial score (nSPS) is 21.4. The summed E-state index contributed by atoms with van der Waals surface area (Å²) < 4.78 is 0. The van der Waals surface area contributed by atoms with E-state index in [-0.39, 0.29) is 24.1 Å². The van der Waals surface area contributed by atoms with Crippen LogP contribution in [0.5, 0.6) is 0 Å². The Morgan fingerprint density at radius 3 is 2.73 bits per heavy atom. The molecule has 0 radical (unpaired) electrons. The Labute approximate surface area is 174 Å². The topological polar surface area (TPSA) is 95.7 Å². The zero-order valence-electron chi connectivity index (χ0n) is 16.7. The van der Waals surface area contributed by atoms with Crippen LogP contribution in [0.3, 0.4) is 0 Å². The molecule has 0 bridgehead atoms. The number of nitrogens with one attached hydrogen (secondary N) is 1. The lowest BCUT2D eigenvalue weighted by Gasteiger charge is -2.29. The fourth-order valence-electron chi connectivity index (χ4n) is 4.76. The number of hydrogen-bond acceptors (Lipinski definition) is 5. The van der Waals surface area contributed by atoms with Gasteiger partial charge in [0.25, 0.3) is 5.91 Å². The van der Waals surface area contributed by atoms with Crippen molar-refractivity contribution >= 4 is 23.4 Å². The third-order valence-electron chi connectivity index (χ3n) is 6.39. The first-order valence-electron chi connectivity index (χ1n) is 10.3. The number of fused-ring (bicyclic) bond motifs is 2. The lowest BCUT2D eigenvalue weighted by Crippen LogP contribution is -2.52. The number of anilines is 1. The summed E-state index contributed by atoms with van der Waals surface area (Å²) in [5, 5.41) is 2.34. The van der Waals surface area contributed by atoms with Crippen molar-refractivity contribution in [2.45, 2.75) is 44.9 Å². The van der Waals surface area contributed by atoms with Crippen LogP contribution in [-0.4, -0.2) is 40.1 Å². The summed E-state index contributed by atoms with van der Waals surface area (Å²) in [7, 11) is 0. The number of nitrogen functional groups attached to an aromatic ring is 1. The number of imide groups is 1. The largest absolute Gasteiger partial charge is 0.398 e. The maximum Gasteiger partial charge on any atom is 0.255 e. The second kappa shape index (κ2) is 7.25. The fourth-order valence-corrected chi connectivity index (χ4v) is 4.76. The molecule has 0 spiro atoms. The van der Waals surface area contributed by atoms with Crippen LogP contribution in [0, 0.1) is 0 Å². The second-order valence-electron chi connectivity index (χ2n) is 8.34. The van der Waals surface area contributed by atoms with Crippen LogP contribution in [-0.2, 0) is 35.6 Å². The van der Waals surface area contributed by atoms with E-state index in [1.54, 1.807) is 4.90 Å². The van der Waals surface area contributed by atoms with E-state index in [9.17, 15) is 14.4 Å². The average molecular weight is 404 g/mol. The number of carbonyl (C=O) groups excluding carboxylic acids is 3. The average Bonchev–Trinajstić information content (AvgIpc) is 3.05. The molecule has 2 aromatic rings. The van der Waals surface area contributed by atoms with Crippen LogP contribution >= 0.6 is 0 Å². The van der Waals surface area contributed by atoms with Crippen molar-refractivity contribution in [2.24, 2.45) is 0 Å². The van der Waals surface area contributed by atoms with E-state index in [4.69, 9.17) is 5.73 Å². The van der Waals surface area contributed by atoms with Gasteiger partial charge in [0.1, 0.15) is 6.04 Å². The number of nitrogens with zero attached hydrogens (tertiary/aromatic N) is 2. The molecule has 7 heteroatoms. The monoisotopic (exact) mass is 404 g/mol. The summed E-state index contributed by atoms with van der Waals surface area (Å²) in [6.45, 7) is 2.90. The van der Waals surface area contributed by atoms with Crippen molar-refractivity contribution in [3.8, 4) is 0 Å². The summed E-state index contributed by atoms with van der Waals surface area (Å²) >= 11 is 0. The van der Waals surface area contributed by atoms with Gasteiger partial charge in [-0.2, -0.15) is 0 Å². The van der Waals surface area contributed by atoms with Crippen LogP contribution in [0.15, 0.2) is 36.4 Å².